The van der Waals surface area contributed by atoms with E-state index < -0.39 is 0 Å². The van der Waals surface area contributed by atoms with E-state index in [4.69, 9.17) is 5.73 Å². The minimum atomic E-state index is 0. The lowest BCUT2D eigenvalue weighted by Gasteiger charge is -2.37. The molecule has 2 N–H and O–H groups in total. The maximum atomic E-state index is 12.5. The number of likely N-dealkylation sites (tertiary alicyclic amines) is 1. The van der Waals surface area contributed by atoms with Gasteiger partial charge in [0.2, 0.25) is 0 Å². The lowest BCUT2D eigenvalue weighted by atomic mass is 9.92. The van der Waals surface area contributed by atoms with Gasteiger partial charge in [0.1, 0.15) is 0 Å². The molecule has 2 rings (SSSR count). The second-order valence-electron chi connectivity index (χ2n) is 5.37. The molecule has 1 aliphatic rings. The first-order valence-electron chi connectivity index (χ1n) is 6.61. The van der Waals surface area contributed by atoms with Crippen LogP contribution < -0.4 is 5.73 Å². The summed E-state index contributed by atoms with van der Waals surface area (Å²) in [6, 6.07) is 2.22. The number of hydrogen-bond donors (Lipinski definition) is 1. The van der Waals surface area contributed by atoms with Crippen LogP contribution in [0.5, 0.6) is 0 Å². The van der Waals surface area contributed by atoms with E-state index in [0.717, 1.165) is 24.3 Å². The highest BCUT2D eigenvalue weighted by Gasteiger charge is 2.30. The van der Waals surface area contributed by atoms with Crippen molar-refractivity contribution in [2.24, 2.45) is 11.7 Å². The van der Waals surface area contributed by atoms with Gasteiger partial charge in [-0.25, -0.2) is 0 Å². The van der Waals surface area contributed by atoms with Gasteiger partial charge in [-0.15, -0.1) is 23.7 Å². The molecular formula is C14H23ClN2OS. The van der Waals surface area contributed by atoms with Crippen LogP contribution in [0, 0.1) is 19.8 Å². The number of aryl methyl sites for hydroxylation is 2. The van der Waals surface area contributed by atoms with E-state index in [1.54, 1.807) is 11.3 Å². The first kappa shape index (κ1) is 16.5. The summed E-state index contributed by atoms with van der Waals surface area (Å²) in [4.78, 5) is 16.6. The minimum absolute atomic E-state index is 0. The average Bonchev–Trinajstić information content (AvgIpc) is 2.68. The standard InChI is InChI=1S/C14H22N2OS.ClH/c1-9-4-5-16(12(6-9)8-15)14(17)13-7-10(2)11(3)18-13;/h7,9,12H,4-6,8,15H2,1-3H3;1H. The molecule has 0 bridgehead atoms. The van der Waals surface area contributed by atoms with Crippen molar-refractivity contribution in [2.45, 2.75) is 39.7 Å². The number of carbonyl (C=O) groups is 1. The van der Waals surface area contributed by atoms with Crippen molar-refractivity contribution in [3.8, 4) is 0 Å². The van der Waals surface area contributed by atoms with E-state index >= 15 is 0 Å². The Morgan fingerprint density at radius 1 is 1.53 bits per heavy atom. The summed E-state index contributed by atoms with van der Waals surface area (Å²) in [5.41, 5.74) is 7.02. The molecule has 19 heavy (non-hydrogen) atoms. The van der Waals surface area contributed by atoms with Crippen molar-refractivity contribution in [3.63, 3.8) is 0 Å². The third-order valence-corrected chi connectivity index (χ3v) is 5.03. The number of thiophene rings is 1. The van der Waals surface area contributed by atoms with Gasteiger partial charge >= 0.3 is 0 Å². The van der Waals surface area contributed by atoms with Gasteiger partial charge in [-0.3, -0.25) is 4.79 Å². The molecule has 3 nitrogen and oxygen atoms in total. The summed E-state index contributed by atoms with van der Waals surface area (Å²) >= 11 is 1.60. The topological polar surface area (TPSA) is 46.3 Å². The van der Waals surface area contributed by atoms with E-state index in [9.17, 15) is 4.79 Å². The summed E-state index contributed by atoms with van der Waals surface area (Å²) in [6.07, 6.45) is 2.12. The van der Waals surface area contributed by atoms with Crippen LogP contribution in [0.4, 0.5) is 0 Å². The van der Waals surface area contributed by atoms with Crippen LogP contribution in [0.3, 0.4) is 0 Å². The molecule has 0 spiro atoms. The first-order valence-corrected chi connectivity index (χ1v) is 7.42. The predicted molar refractivity (Wildman–Crippen MR) is 83.3 cm³/mol. The molecule has 2 heterocycles. The Kier molecular flexibility index (Phi) is 5.83. The van der Waals surface area contributed by atoms with Crippen molar-refractivity contribution in [3.05, 3.63) is 21.4 Å². The van der Waals surface area contributed by atoms with Crippen LogP contribution in [0.1, 0.15) is 39.9 Å². The zero-order chi connectivity index (χ0) is 13.3. The third kappa shape index (κ3) is 3.50. The monoisotopic (exact) mass is 302 g/mol. The van der Waals surface area contributed by atoms with Crippen LogP contribution >= 0.6 is 23.7 Å². The second kappa shape index (κ2) is 6.73. The Morgan fingerprint density at radius 2 is 2.21 bits per heavy atom. The van der Waals surface area contributed by atoms with Crippen LogP contribution in [-0.2, 0) is 0 Å². The molecule has 1 aromatic heterocycles. The molecule has 5 heteroatoms. The Bertz CT molecular complexity index is 427. The zero-order valence-corrected chi connectivity index (χ0v) is 13.4. The zero-order valence-electron chi connectivity index (χ0n) is 11.8. The third-order valence-electron chi connectivity index (χ3n) is 3.89. The second-order valence-corrected chi connectivity index (χ2v) is 6.62. The summed E-state index contributed by atoms with van der Waals surface area (Å²) in [5, 5.41) is 0. The summed E-state index contributed by atoms with van der Waals surface area (Å²) < 4.78 is 0. The highest BCUT2D eigenvalue weighted by Crippen LogP contribution is 2.27. The molecule has 0 aliphatic carbocycles. The fourth-order valence-corrected chi connectivity index (χ4v) is 3.55. The molecular weight excluding hydrogens is 280 g/mol. The smallest absolute Gasteiger partial charge is 0.264 e. The molecule has 1 fully saturated rings. The fourth-order valence-electron chi connectivity index (χ4n) is 2.56. The molecule has 0 aromatic carbocycles. The Hall–Kier alpha value is -0.580. The number of hydrogen-bond acceptors (Lipinski definition) is 3. The molecule has 2 atom stereocenters. The number of piperidine rings is 1. The number of nitrogens with zero attached hydrogens (tertiary/aromatic N) is 1. The maximum absolute atomic E-state index is 12.5. The highest BCUT2D eigenvalue weighted by atomic mass is 35.5. The SMILES string of the molecule is Cc1cc(C(=O)N2CCC(C)CC2CN)sc1C.Cl. The van der Waals surface area contributed by atoms with E-state index in [1.165, 1.54) is 10.4 Å². The summed E-state index contributed by atoms with van der Waals surface area (Å²) in [5.74, 6) is 0.841. The van der Waals surface area contributed by atoms with Crippen molar-refractivity contribution < 1.29 is 4.79 Å². The summed E-state index contributed by atoms with van der Waals surface area (Å²) in [6.45, 7) is 7.78. The maximum Gasteiger partial charge on any atom is 0.264 e. The molecule has 0 radical (unpaired) electrons. The molecule has 1 amide bonds. The number of nitrogens with two attached hydrogens (primary N) is 1. The lowest BCUT2D eigenvalue weighted by Crippen LogP contribution is -2.49. The largest absolute Gasteiger partial charge is 0.334 e. The lowest BCUT2D eigenvalue weighted by molar-refractivity contribution is 0.0578. The van der Waals surface area contributed by atoms with Crippen molar-refractivity contribution in [1.29, 1.82) is 0 Å². The molecule has 2 unspecified atom stereocenters. The molecule has 0 saturated carbocycles. The Morgan fingerprint density at radius 3 is 2.74 bits per heavy atom. The van der Waals surface area contributed by atoms with Gasteiger partial charge in [-0.2, -0.15) is 0 Å². The van der Waals surface area contributed by atoms with Crippen LogP contribution in [0.2, 0.25) is 0 Å². The van der Waals surface area contributed by atoms with Gasteiger partial charge in [0.15, 0.2) is 0 Å². The van der Waals surface area contributed by atoms with E-state index in [-0.39, 0.29) is 24.4 Å². The highest BCUT2D eigenvalue weighted by molar-refractivity contribution is 7.14. The van der Waals surface area contributed by atoms with E-state index in [2.05, 4.69) is 20.8 Å². The molecule has 1 saturated heterocycles. The molecule has 108 valence electrons. The fraction of sp³-hybridized carbons (Fsp3) is 0.643. The van der Waals surface area contributed by atoms with Gasteiger partial charge in [0, 0.05) is 24.0 Å². The quantitative estimate of drug-likeness (QED) is 0.913. The van der Waals surface area contributed by atoms with Crippen LogP contribution in [0.15, 0.2) is 6.07 Å². The van der Waals surface area contributed by atoms with Crippen molar-refractivity contribution in [2.75, 3.05) is 13.1 Å². The minimum Gasteiger partial charge on any atom is -0.334 e. The van der Waals surface area contributed by atoms with E-state index in [1.807, 2.05) is 11.0 Å². The van der Waals surface area contributed by atoms with Crippen LogP contribution in [-0.4, -0.2) is 29.9 Å². The predicted octanol–water partition coefficient (Wildman–Crippen LogP) is 2.99. The Balaban J connectivity index is 0.00000180. The average molecular weight is 303 g/mol. The number of halogens is 1. The van der Waals surface area contributed by atoms with Gasteiger partial charge in [-0.05, 0) is 44.2 Å². The normalized spacial score (nSPS) is 23.1. The van der Waals surface area contributed by atoms with E-state index in [0.29, 0.717) is 12.5 Å². The van der Waals surface area contributed by atoms with Crippen molar-refractivity contribution >= 4 is 29.7 Å². The van der Waals surface area contributed by atoms with Gasteiger partial charge in [0.25, 0.3) is 5.91 Å². The van der Waals surface area contributed by atoms with Gasteiger partial charge in [0.05, 0.1) is 4.88 Å². The summed E-state index contributed by atoms with van der Waals surface area (Å²) in [7, 11) is 0. The van der Waals surface area contributed by atoms with Crippen molar-refractivity contribution in [1.82, 2.24) is 4.90 Å². The molecule has 1 aliphatic heterocycles. The first-order chi connectivity index (χ1) is 8.52. The van der Waals surface area contributed by atoms with Crippen LogP contribution in [0.25, 0.3) is 0 Å². The number of rotatable bonds is 2. The number of amides is 1. The van der Waals surface area contributed by atoms with Gasteiger partial charge in [-0.1, -0.05) is 6.92 Å². The number of carbonyl (C=O) groups excluding carboxylic acids is 1. The Labute approximate surface area is 125 Å². The van der Waals surface area contributed by atoms with Gasteiger partial charge < -0.3 is 10.6 Å². The molecule has 1 aromatic rings.